The van der Waals surface area contributed by atoms with Crippen molar-refractivity contribution in [3.8, 4) is 11.5 Å². The Morgan fingerprint density at radius 3 is 2.39 bits per heavy atom. The lowest BCUT2D eigenvalue weighted by Crippen LogP contribution is -2.48. The molecule has 0 bridgehead atoms. The van der Waals surface area contributed by atoms with Crippen LogP contribution in [0.4, 0.5) is 5.69 Å². The number of likely N-dealkylation sites (tertiary alicyclic amines) is 1. The predicted molar refractivity (Wildman–Crippen MR) is 103 cm³/mol. The van der Waals surface area contributed by atoms with Crippen molar-refractivity contribution in [2.24, 2.45) is 0 Å². The van der Waals surface area contributed by atoms with E-state index in [2.05, 4.69) is 0 Å². The van der Waals surface area contributed by atoms with E-state index in [0.29, 0.717) is 56.3 Å². The van der Waals surface area contributed by atoms with Gasteiger partial charge in [0, 0.05) is 51.9 Å². The molecule has 0 unspecified atom stereocenters. The van der Waals surface area contributed by atoms with Crippen molar-refractivity contribution in [3.63, 3.8) is 0 Å². The van der Waals surface area contributed by atoms with E-state index in [0.717, 1.165) is 0 Å². The number of amides is 2. The van der Waals surface area contributed by atoms with Crippen molar-refractivity contribution in [3.05, 3.63) is 18.2 Å². The van der Waals surface area contributed by atoms with Crippen molar-refractivity contribution in [2.75, 3.05) is 52.0 Å². The lowest BCUT2D eigenvalue weighted by Gasteiger charge is -2.37. The maximum absolute atomic E-state index is 12.7. The van der Waals surface area contributed by atoms with Crippen LogP contribution in [0.15, 0.2) is 18.2 Å². The molecular formula is C20H28N2O6. The Morgan fingerprint density at radius 1 is 1.14 bits per heavy atom. The summed E-state index contributed by atoms with van der Waals surface area (Å²) in [6, 6.07) is 5.25. The molecule has 8 nitrogen and oxygen atoms in total. The number of carbonyl (C=O) groups is 2. The molecule has 1 spiro atoms. The highest BCUT2D eigenvalue weighted by molar-refractivity contribution is 5.94. The zero-order valence-electron chi connectivity index (χ0n) is 16.7. The molecule has 2 aliphatic rings. The zero-order valence-corrected chi connectivity index (χ0v) is 16.7. The highest BCUT2D eigenvalue weighted by atomic mass is 16.7. The highest BCUT2D eigenvalue weighted by Crippen LogP contribution is 2.33. The van der Waals surface area contributed by atoms with Crippen molar-refractivity contribution < 1.29 is 28.5 Å². The van der Waals surface area contributed by atoms with Gasteiger partial charge in [0.25, 0.3) is 0 Å². The normalized spacial score (nSPS) is 18.2. The first-order valence-corrected chi connectivity index (χ1v) is 9.54. The third-order valence-corrected chi connectivity index (χ3v) is 5.30. The molecule has 154 valence electrons. The lowest BCUT2D eigenvalue weighted by atomic mass is 10.0. The monoisotopic (exact) mass is 392 g/mol. The van der Waals surface area contributed by atoms with Gasteiger partial charge in [-0.25, -0.2) is 0 Å². The molecule has 0 aliphatic carbocycles. The van der Waals surface area contributed by atoms with Gasteiger partial charge in [-0.15, -0.1) is 0 Å². The maximum atomic E-state index is 12.7. The van der Waals surface area contributed by atoms with Gasteiger partial charge in [0.2, 0.25) is 11.8 Å². The predicted octanol–water partition coefficient (Wildman–Crippen LogP) is 1.81. The molecule has 1 aromatic carbocycles. The van der Waals surface area contributed by atoms with E-state index in [-0.39, 0.29) is 24.8 Å². The van der Waals surface area contributed by atoms with Crippen molar-refractivity contribution >= 4 is 17.5 Å². The first-order valence-electron chi connectivity index (χ1n) is 9.54. The first kappa shape index (κ1) is 20.4. The van der Waals surface area contributed by atoms with Crippen molar-refractivity contribution in [2.45, 2.75) is 32.0 Å². The number of methoxy groups -OCH3 is 2. The molecule has 0 atom stereocenters. The van der Waals surface area contributed by atoms with Crippen LogP contribution < -0.4 is 14.4 Å². The summed E-state index contributed by atoms with van der Waals surface area (Å²) in [4.78, 5) is 28.3. The summed E-state index contributed by atoms with van der Waals surface area (Å²) in [5, 5.41) is 0. The van der Waals surface area contributed by atoms with Gasteiger partial charge in [-0.3, -0.25) is 9.59 Å². The fraction of sp³-hybridized carbons (Fsp3) is 0.600. The fourth-order valence-electron chi connectivity index (χ4n) is 3.70. The van der Waals surface area contributed by atoms with Crippen LogP contribution in [-0.2, 0) is 19.1 Å². The molecule has 2 fully saturated rings. The van der Waals surface area contributed by atoms with Crippen LogP contribution in [0.3, 0.4) is 0 Å². The Bertz CT molecular complexity index is 707. The third kappa shape index (κ3) is 4.39. The molecule has 2 saturated heterocycles. The summed E-state index contributed by atoms with van der Waals surface area (Å²) in [6.07, 6.45) is 1.60. The van der Waals surface area contributed by atoms with Crippen molar-refractivity contribution in [1.29, 1.82) is 0 Å². The SMILES string of the molecule is COc1ccc(N(CCC(=O)N2CCC3(CC2)OCCO3)C(C)=O)c(OC)c1. The van der Waals surface area contributed by atoms with Gasteiger partial charge < -0.3 is 28.7 Å². The summed E-state index contributed by atoms with van der Waals surface area (Å²) >= 11 is 0. The van der Waals surface area contributed by atoms with Crippen LogP contribution >= 0.6 is 0 Å². The largest absolute Gasteiger partial charge is 0.497 e. The molecular weight excluding hydrogens is 364 g/mol. The number of hydrogen-bond donors (Lipinski definition) is 0. The van der Waals surface area contributed by atoms with Crippen LogP contribution in [-0.4, -0.2) is 69.6 Å². The van der Waals surface area contributed by atoms with Gasteiger partial charge in [-0.1, -0.05) is 0 Å². The van der Waals surface area contributed by atoms with Gasteiger partial charge in [0.1, 0.15) is 11.5 Å². The summed E-state index contributed by atoms with van der Waals surface area (Å²) < 4.78 is 22.0. The van der Waals surface area contributed by atoms with Gasteiger partial charge in [0.05, 0.1) is 33.1 Å². The van der Waals surface area contributed by atoms with Gasteiger partial charge in [-0.2, -0.15) is 0 Å². The van der Waals surface area contributed by atoms with Crippen LogP contribution in [0.2, 0.25) is 0 Å². The number of anilines is 1. The maximum Gasteiger partial charge on any atom is 0.224 e. The smallest absolute Gasteiger partial charge is 0.224 e. The second-order valence-electron chi connectivity index (χ2n) is 6.95. The topological polar surface area (TPSA) is 77.5 Å². The minimum atomic E-state index is -0.501. The lowest BCUT2D eigenvalue weighted by molar-refractivity contribution is -0.187. The Kier molecular flexibility index (Phi) is 6.41. The van der Waals surface area contributed by atoms with E-state index < -0.39 is 5.79 Å². The Labute approximate surface area is 165 Å². The third-order valence-electron chi connectivity index (χ3n) is 5.30. The van der Waals surface area contributed by atoms with Crippen LogP contribution in [0.5, 0.6) is 11.5 Å². The molecule has 2 heterocycles. The molecule has 28 heavy (non-hydrogen) atoms. The number of nitrogens with zero attached hydrogens (tertiary/aromatic N) is 2. The second-order valence-corrected chi connectivity index (χ2v) is 6.95. The number of ether oxygens (including phenoxy) is 4. The molecule has 2 aliphatic heterocycles. The molecule has 0 saturated carbocycles. The fourth-order valence-corrected chi connectivity index (χ4v) is 3.70. The molecule has 0 radical (unpaired) electrons. The number of benzene rings is 1. The van der Waals surface area contributed by atoms with Gasteiger partial charge >= 0.3 is 0 Å². The molecule has 2 amide bonds. The van der Waals surface area contributed by atoms with Gasteiger partial charge in [-0.05, 0) is 12.1 Å². The average molecular weight is 392 g/mol. The number of carbonyl (C=O) groups excluding carboxylic acids is 2. The van der Waals surface area contributed by atoms with E-state index in [9.17, 15) is 9.59 Å². The molecule has 1 aromatic rings. The second kappa shape index (κ2) is 8.79. The summed E-state index contributed by atoms with van der Waals surface area (Å²) in [5.74, 6) is 0.531. The highest BCUT2D eigenvalue weighted by Gasteiger charge is 2.40. The minimum Gasteiger partial charge on any atom is -0.497 e. The van der Waals surface area contributed by atoms with E-state index in [1.54, 1.807) is 37.3 Å². The standard InChI is InChI=1S/C20H28N2O6/c1-15(23)22(17-5-4-16(25-2)14-18(17)26-3)9-6-19(24)21-10-7-20(8-11-21)27-12-13-28-20/h4-5,14H,6-13H2,1-3H3. The minimum absolute atomic E-state index is 0.0200. The van der Waals surface area contributed by atoms with E-state index in [1.807, 2.05) is 4.90 Å². The Morgan fingerprint density at radius 2 is 1.82 bits per heavy atom. The molecule has 3 rings (SSSR count). The van der Waals surface area contributed by atoms with E-state index >= 15 is 0 Å². The summed E-state index contributed by atoms with van der Waals surface area (Å²) in [7, 11) is 3.11. The number of rotatable bonds is 6. The first-order chi connectivity index (χ1) is 13.5. The summed E-state index contributed by atoms with van der Waals surface area (Å²) in [6.45, 7) is 4.20. The molecule has 0 aromatic heterocycles. The van der Waals surface area contributed by atoms with Crippen LogP contribution in [0, 0.1) is 0 Å². The summed E-state index contributed by atoms with van der Waals surface area (Å²) in [5.41, 5.74) is 0.619. The van der Waals surface area contributed by atoms with Gasteiger partial charge in [0.15, 0.2) is 5.79 Å². The quantitative estimate of drug-likeness (QED) is 0.735. The van der Waals surface area contributed by atoms with Crippen LogP contribution in [0.25, 0.3) is 0 Å². The Balaban J connectivity index is 1.61. The van der Waals surface area contributed by atoms with E-state index in [1.165, 1.54) is 6.92 Å². The molecule has 0 N–H and O–H groups in total. The number of hydrogen-bond acceptors (Lipinski definition) is 6. The zero-order chi connectivity index (χ0) is 20.1. The number of piperidine rings is 1. The molecule has 8 heteroatoms. The Hall–Kier alpha value is -2.32. The van der Waals surface area contributed by atoms with E-state index in [4.69, 9.17) is 18.9 Å². The average Bonchev–Trinajstić information content (AvgIpc) is 3.16. The van der Waals surface area contributed by atoms with Crippen molar-refractivity contribution in [1.82, 2.24) is 4.90 Å². The van der Waals surface area contributed by atoms with Crippen LogP contribution in [0.1, 0.15) is 26.2 Å².